The highest BCUT2D eigenvalue weighted by Crippen LogP contribution is 1.86. The van der Waals surface area contributed by atoms with Crippen molar-refractivity contribution in [2.24, 2.45) is 5.14 Å². The molecule has 0 aromatic heterocycles. The molecule has 0 aliphatic heterocycles. The van der Waals surface area contributed by atoms with E-state index in [0.717, 1.165) is 0 Å². The number of ether oxygens (including phenoxy) is 1. The van der Waals surface area contributed by atoms with Crippen LogP contribution in [0.15, 0.2) is 0 Å². The quantitative estimate of drug-likeness (QED) is 0.557. The van der Waals surface area contributed by atoms with Gasteiger partial charge in [0.2, 0.25) is 16.0 Å². The van der Waals surface area contributed by atoms with E-state index < -0.39 is 21.9 Å². The van der Waals surface area contributed by atoms with E-state index in [-0.39, 0.29) is 6.42 Å². The third-order valence-corrected chi connectivity index (χ3v) is 1.12. The van der Waals surface area contributed by atoms with Crippen LogP contribution in [0.3, 0.4) is 0 Å². The Morgan fingerprint density at radius 3 is 2.40 bits per heavy atom. The molecular formula is C4H9NO4S. The smallest absolute Gasteiger partial charge is 0.306 e. The van der Waals surface area contributed by atoms with Crippen molar-refractivity contribution >= 4 is 16.0 Å². The summed E-state index contributed by atoms with van der Waals surface area (Å²) in [4.78, 5) is 10.3. The first-order chi connectivity index (χ1) is 4.45. The molecular weight excluding hydrogens is 158 g/mol. The van der Waals surface area contributed by atoms with Crippen LogP contribution >= 0.6 is 0 Å². The molecule has 60 valence electrons. The van der Waals surface area contributed by atoms with Crippen molar-refractivity contribution in [1.82, 2.24) is 0 Å². The van der Waals surface area contributed by atoms with Crippen LogP contribution in [0.2, 0.25) is 0 Å². The average molecular weight is 167 g/mol. The largest absolute Gasteiger partial charge is 0.448 e. The van der Waals surface area contributed by atoms with Gasteiger partial charge in [0.1, 0.15) is 0 Å². The zero-order chi connectivity index (χ0) is 8.20. The number of rotatable bonds is 3. The molecule has 2 N–H and O–H groups in total. The lowest BCUT2D eigenvalue weighted by Gasteiger charge is -1.98. The Balaban J connectivity index is 3.67. The van der Waals surface area contributed by atoms with Gasteiger partial charge >= 0.3 is 5.97 Å². The Bertz CT molecular complexity index is 207. The summed E-state index contributed by atoms with van der Waals surface area (Å²) in [5.74, 6) is -1.31. The van der Waals surface area contributed by atoms with E-state index in [9.17, 15) is 13.2 Å². The Hall–Kier alpha value is -0.620. The number of nitrogens with two attached hydrogens (primary N) is 1. The van der Waals surface area contributed by atoms with Gasteiger partial charge < -0.3 is 4.74 Å². The van der Waals surface area contributed by atoms with E-state index in [2.05, 4.69) is 9.88 Å². The van der Waals surface area contributed by atoms with Crippen LogP contribution in [0.4, 0.5) is 0 Å². The molecule has 0 unspecified atom stereocenters. The van der Waals surface area contributed by atoms with Crippen LogP contribution in [-0.4, -0.2) is 20.3 Å². The van der Waals surface area contributed by atoms with Crippen molar-refractivity contribution in [1.29, 1.82) is 0 Å². The molecule has 10 heavy (non-hydrogen) atoms. The van der Waals surface area contributed by atoms with Crippen molar-refractivity contribution in [3.63, 3.8) is 0 Å². The van der Waals surface area contributed by atoms with Crippen LogP contribution in [0, 0.1) is 0 Å². The minimum Gasteiger partial charge on any atom is -0.448 e. The fourth-order valence-electron chi connectivity index (χ4n) is 0.250. The van der Waals surface area contributed by atoms with E-state index in [1.54, 1.807) is 6.92 Å². The average Bonchev–Trinajstić information content (AvgIpc) is 1.81. The van der Waals surface area contributed by atoms with Gasteiger partial charge in [0.15, 0.2) is 0 Å². The second kappa shape index (κ2) is 3.52. The van der Waals surface area contributed by atoms with Crippen molar-refractivity contribution < 1.29 is 17.9 Å². The maximum atomic E-state index is 10.3. The molecule has 0 aliphatic carbocycles. The summed E-state index contributed by atoms with van der Waals surface area (Å²) in [5.41, 5.74) is 0. The highest BCUT2D eigenvalue weighted by molar-refractivity contribution is 7.88. The van der Waals surface area contributed by atoms with Gasteiger partial charge in [0.05, 0.1) is 0 Å². The maximum absolute atomic E-state index is 10.3. The molecule has 0 aromatic rings. The summed E-state index contributed by atoms with van der Waals surface area (Å²) in [6.07, 6.45) is 0.148. The first-order valence-corrected chi connectivity index (χ1v) is 4.33. The van der Waals surface area contributed by atoms with Crippen LogP contribution < -0.4 is 5.14 Å². The van der Waals surface area contributed by atoms with E-state index >= 15 is 0 Å². The molecule has 0 atom stereocenters. The van der Waals surface area contributed by atoms with Crippen molar-refractivity contribution in [3.05, 3.63) is 0 Å². The highest BCUT2D eigenvalue weighted by Gasteiger charge is 2.05. The number of hydrogen-bond donors (Lipinski definition) is 1. The Morgan fingerprint density at radius 1 is 1.60 bits per heavy atom. The first kappa shape index (κ1) is 9.38. The normalized spacial score (nSPS) is 11.0. The van der Waals surface area contributed by atoms with Gasteiger partial charge in [-0.15, -0.1) is 0 Å². The molecule has 0 aromatic carbocycles. The lowest BCUT2D eigenvalue weighted by Crippen LogP contribution is -2.20. The number of carbonyl (C=O) groups is 1. The summed E-state index contributed by atoms with van der Waals surface area (Å²) in [6, 6.07) is 0. The minimum atomic E-state index is -3.67. The van der Waals surface area contributed by atoms with Gasteiger partial charge in [-0.1, -0.05) is 6.92 Å². The second-order valence-corrected chi connectivity index (χ2v) is 3.21. The fraction of sp³-hybridized carbons (Fsp3) is 0.750. The standard InChI is InChI=1S/C4H9NO4S/c1-2-4(6)9-3-10(5,7)8/h2-3H2,1H3,(H2,5,7,8). The second-order valence-electron chi connectivity index (χ2n) is 1.65. The minimum absolute atomic E-state index is 0.148. The van der Waals surface area contributed by atoms with Gasteiger partial charge in [-0.2, -0.15) is 0 Å². The number of primary sulfonamides is 1. The van der Waals surface area contributed by atoms with Crippen LogP contribution in [0.25, 0.3) is 0 Å². The molecule has 0 radical (unpaired) electrons. The van der Waals surface area contributed by atoms with E-state index in [0.29, 0.717) is 0 Å². The Labute approximate surface area is 59.2 Å². The van der Waals surface area contributed by atoms with Gasteiger partial charge in [-0.25, -0.2) is 13.6 Å². The number of hydrogen-bond acceptors (Lipinski definition) is 4. The summed E-state index contributed by atoms with van der Waals surface area (Å²) in [7, 11) is -3.67. The SMILES string of the molecule is CCC(=O)OCS(N)(=O)=O. The topological polar surface area (TPSA) is 86.5 Å². The lowest BCUT2D eigenvalue weighted by molar-refractivity contribution is -0.141. The molecule has 6 heteroatoms. The van der Waals surface area contributed by atoms with Gasteiger partial charge in [0, 0.05) is 6.42 Å². The number of sulfonamides is 1. The molecule has 0 heterocycles. The monoisotopic (exact) mass is 167 g/mol. The van der Waals surface area contributed by atoms with Crippen molar-refractivity contribution in [2.75, 3.05) is 5.94 Å². The summed E-state index contributed by atoms with van der Waals surface area (Å²) in [5, 5.41) is 4.53. The molecule has 0 fully saturated rings. The molecule has 0 spiro atoms. The molecule has 0 rings (SSSR count). The van der Waals surface area contributed by atoms with Crippen LogP contribution in [0.5, 0.6) is 0 Å². The fourth-order valence-corrected chi connectivity index (χ4v) is 0.546. The van der Waals surface area contributed by atoms with E-state index in [4.69, 9.17) is 0 Å². The molecule has 0 saturated carbocycles. The van der Waals surface area contributed by atoms with Crippen molar-refractivity contribution in [3.8, 4) is 0 Å². The predicted octanol–water partition coefficient (Wildman–Crippen LogP) is -0.814. The molecule has 5 nitrogen and oxygen atoms in total. The summed E-state index contributed by atoms with van der Waals surface area (Å²) < 4.78 is 24.5. The Kier molecular flexibility index (Phi) is 3.31. The molecule has 0 bridgehead atoms. The number of esters is 1. The molecule has 0 amide bonds. The zero-order valence-electron chi connectivity index (χ0n) is 5.53. The third-order valence-electron chi connectivity index (χ3n) is 0.673. The van der Waals surface area contributed by atoms with Gasteiger partial charge in [0.25, 0.3) is 0 Å². The van der Waals surface area contributed by atoms with Gasteiger partial charge in [-0.3, -0.25) is 4.79 Å². The summed E-state index contributed by atoms with van der Waals surface area (Å²) >= 11 is 0. The molecule has 0 saturated heterocycles. The van der Waals surface area contributed by atoms with Crippen LogP contribution in [-0.2, 0) is 19.6 Å². The van der Waals surface area contributed by atoms with E-state index in [1.807, 2.05) is 0 Å². The van der Waals surface area contributed by atoms with Crippen molar-refractivity contribution in [2.45, 2.75) is 13.3 Å². The summed E-state index contributed by atoms with van der Waals surface area (Å²) in [6.45, 7) is 1.56. The van der Waals surface area contributed by atoms with Crippen LogP contribution in [0.1, 0.15) is 13.3 Å². The van der Waals surface area contributed by atoms with Gasteiger partial charge in [-0.05, 0) is 0 Å². The third kappa shape index (κ3) is 5.52. The number of carbonyl (C=O) groups excluding carboxylic acids is 1. The first-order valence-electron chi connectivity index (χ1n) is 2.62. The molecule has 0 aliphatic rings. The van der Waals surface area contributed by atoms with E-state index in [1.165, 1.54) is 0 Å². The maximum Gasteiger partial charge on any atom is 0.306 e. The predicted molar refractivity (Wildman–Crippen MR) is 34.4 cm³/mol. The lowest BCUT2D eigenvalue weighted by atomic mass is 10.5. The zero-order valence-corrected chi connectivity index (χ0v) is 6.35. The highest BCUT2D eigenvalue weighted by atomic mass is 32.2. The Morgan fingerprint density at radius 2 is 2.10 bits per heavy atom.